The Labute approximate surface area is 146 Å². The van der Waals surface area contributed by atoms with Crippen LogP contribution in [0.4, 0.5) is 10.5 Å². The molecule has 2 aromatic rings. The second kappa shape index (κ2) is 7.71. The van der Waals surface area contributed by atoms with Gasteiger partial charge in [-0.05, 0) is 37.1 Å². The smallest absolute Gasteiger partial charge is 0.319 e. The Balaban J connectivity index is 1.60. The highest BCUT2D eigenvalue weighted by Gasteiger charge is 2.25. The molecule has 130 valence electrons. The molecule has 7 heteroatoms. The normalized spacial score (nSPS) is 15.8. The van der Waals surface area contributed by atoms with Gasteiger partial charge in [0.15, 0.2) is 5.82 Å². The van der Waals surface area contributed by atoms with Crippen molar-refractivity contribution in [3.63, 3.8) is 0 Å². The number of urea groups is 1. The minimum absolute atomic E-state index is 0.125. The van der Waals surface area contributed by atoms with Crippen LogP contribution >= 0.6 is 0 Å². The molecule has 0 saturated heterocycles. The number of hydrogen-bond donors (Lipinski definition) is 2. The molecule has 0 saturated carbocycles. The minimum Gasteiger partial charge on any atom is -0.481 e. The first kappa shape index (κ1) is 16.8. The van der Waals surface area contributed by atoms with Crippen LogP contribution in [-0.2, 0) is 13.0 Å². The van der Waals surface area contributed by atoms with E-state index in [1.165, 1.54) is 0 Å². The molecule has 2 amide bonds. The number of hydrogen-bond acceptors (Lipinski definition) is 4. The van der Waals surface area contributed by atoms with Crippen LogP contribution in [0.1, 0.15) is 37.5 Å². The van der Waals surface area contributed by atoms with Crippen LogP contribution in [0, 0.1) is 12.3 Å². The quantitative estimate of drug-likeness (QED) is 0.820. The van der Waals surface area contributed by atoms with Gasteiger partial charge in [-0.15, -0.1) is 6.42 Å². The number of aromatic nitrogens is 3. The number of benzene rings is 1. The van der Waals surface area contributed by atoms with Crippen LogP contribution in [0.5, 0.6) is 5.75 Å². The van der Waals surface area contributed by atoms with E-state index < -0.39 is 0 Å². The van der Waals surface area contributed by atoms with Gasteiger partial charge in [-0.2, -0.15) is 5.10 Å². The molecular weight excluding hydrogens is 318 g/mol. The molecule has 2 heterocycles. The number of carbonyl (C=O) groups is 1. The van der Waals surface area contributed by atoms with Crippen LogP contribution in [0.25, 0.3) is 0 Å². The largest absolute Gasteiger partial charge is 0.481 e. The molecule has 2 N–H and O–H groups in total. The van der Waals surface area contributed by atoms with Crippen LogP contribution in [0.15, 0.2) is 24.3 Å². The van der Waals surface area contributed by atoms with Crippen molar-refractivity contribution >= 4 is 11.7 Å². The fourth-order valence-electron chi connectivity index (χ4n) is 2.77. The van der Waals surface area contributed by atoms with E-state index in [0.717, 1.165) is 37.5 Å². The molecule has 1 aromatic carbocycles. The maximum absolute atomic E-state index is 12.3. The summed E-state index contributed by atoms with van der Waals surface area (Å²) in [5.41, 5.74) is 0.678. The second-order valence-corrected chi connectivity index (χ2v) is 5.77. The summed E-state index contributed by atoms with van der Waals surface area (Å²) in [6.07, 6.45) is 7.76. The SMILES string of the molecule is C#CCOc1ccc(NC(=O)NC2CCCn3nc(CC)nc32)cc1. The molecule has 0 aliphatic carbocycles. The maximum atomic E-state index is 12.3. The van der Waals surface area contributed by atoms with Gasteiger partial charge in [0, 0.05) is 18.7 Å². The van der Waals surface area contributed by atoms with Gasteiger partial charge >= 0.3 is 6.03 Å². The minimum atomic E-state index is -0.267. The highest BCUT2D eigenvalue weighted by molar-refractivity contribution is 5.89. The standard InChI is InChI=1S/C18H21N5O2/c1-3-12-25-14-9-7-13(8-10-14)19-18(24)20-15-6-5-11-23-17(15)21-16(4-2)22-23/h1,7-10,15H,4-6,11-12H2,2H3,(H2,19,20,24). The van der Waals surface area contributed by atoms with Gasteiger partial charge in [0.1, 0.15) is 18.2 Å². The lowest BCUT2D eigenvalue weighted by atomic mass is 10.1. The Morgan fingerprint density at radius 3 is 2.96 bits per heavy atom. The second-order valence-electron chi connectivity index (χ2n) is 5.77. The molecule has 1 atom stereocenters. The molecule has 1 unspecified atom stereocenters. The van der Waals surface area contributed by atoms with E-state index in [1.54, 1.807) is 24.3 Å². The zero-order valence-electron chi connectivity index (χ0n) is 14.2. The predicted molar refractivity (Wildman–Crippen MR) is 94.3 cm³/mol. The lowest BCUT2D eigenvalue weighted by Gasteiger charge is -2.23. The van der Waals surface area contributed by atoms with Crippen LogP contribution < -0.4 is 15.4 Å². The highest BCUT2D eigenvalue weighted by Crippen LogP contribution is 2.23. The van der Waals surface area contributed by atoms with E-state index in [9.17, 15) is 4.79 Å². The van der Waals surface area contributed by atoms with Gasteiger partial charge in [-0.1, -0.05) is 12.8 Å². The molecule has 0 fully saturated rings. The average Bonchev–Trinajstić information content (AvgIpc) is 3.05. The maximum Gasteiger partial charge on any atom is 0.319 e. The summed E-state index contributed by atoms with van der Waals surface area (Å²) >= 11 is 0. The Morgan fingerprint density at radius 2 is 2.24 bits per heavy atom. The molecule has 1 aliphatic heterocycles. The molecule has 1 aliphatic rings. The molecule has 0 bridgehead atoms. The highest BCUT2D eigenvalue weighted by atomic mass is 16.5. The van der Waals surface area contributed by atoms with Crippen molar-refractivity contribution in [3.8, 4) is 18.1 Å². The Hall–Kier alpha value is -3.01. The lowest BCUT2D eigenvalue weighted by Crippen LogP contribution is -2.36. The van der Waals surface area contributed by atoms with E-state index in [0.29, 0.717) is 11.4 Å². The summed E-state index contributed by atoms with van der Waals surface area (Å²) in [5, 5.41) is 10.3. The van der Waals surface area contributed by atoms with Crippen LogP contribution in [-0.4, -0.2) is 27.4 Å². The molecule has 1 aromatic heterocycles. The van der Waals surface area contributed by atoms with Crippen LogP contribution in [0.2, 0.25) is 0 Å². The molecule has 25 heavy (non-hydrogen) atoms. The first-order valence-corrected chi connectivity index (χ1v) is 8.37. The van der Waals surface area contributed by atoms with Gasteiger partial charge in [-0.25, -0.2) is 14.5 Å². The Bertz CT molecular complexity index is 776. The fraction of sp³-hybridized carbons (Fsp3) is 0.389. The number of fused-ring (bicyclic) bond motifs is 1. The summed E-state index contributed by atoms with van der Waals surface area (Å²) in [6.45, 7) is 3.09. The molecule has 3 rings (SSSR count). The van der Waals surface area contributed by atoms with Gasteiger partial charge in [0.2, 0.25) is 0 Å². The van der Waals surface area contributed by atoms with Crippen molar-refractivity contribution < 1.29 is 9.53 Å². The predicted octanol–water partition coefficient (Wildman–Crippen LogP) is 2.51. The molecule has 0 spiro atoms. The Morgan fingerprint density at radius 1 is 1.44 bits per heavy atom. The third-order valence-corrected chi connectivity index (χ3v) is 3.97. The van der Waals surface area contributed by atoms with E-state index in [4.69, 9.17) is 11.2 Å². The summed E-state index contributed by atoms with van der Waals surface area (Å²) in [7, 11) is 0. The van der Waals surface area contributed by atoms with E-state index in [1.807, 2.05) is 11.6 Å². The lowest BCUT2D eigenvalue weighted by molar-refractivity contribution is 0.244. The summed E-state index contributed by atoms with van der Waals surface area (Å²) in [6, 6.07) is 6.67. The molecular formula is C18H21N5O2. The van der Waals surface area contributed by atoms with Gasteiger partial charge in [-0.3, -0.25) is 0 Å². The first-order chi connectivity index (χ1) is 12.2. The number of anilines is 1. The zero-order valence-corrected chi connectivity index (χ0v) is 14.2. The van der Waals surface area contributed by atoms with Crippen LogP contribution in [0.3, 0.4) is 0 Å². The summed E-state index contributed by atoms with van der Waals surface area (Å²) in [4.78, 5) is 16.8. The number of nitrogens with zero attached hydrogens (tertiary/aromatic N) is 3. The number of nitrogens with one attached hydrogen (secondary N) is 2. The van der Waals surface area contributed by atoms with Crippen molar-refractivity contribution in [1.82, 2.24) is 20.1 Å². The van der Waals surface area contributed by atoms with E-state index in [-0.39, 0.29) is 18.7 Å². The molecule has 0 radical (unpaired) electrons. The third kappa shape index (κ3) is 4.10. The average molecular weight is 339 g/mol. The monoisotopic (exact) mass is 339 g/mol. The summed E-state index contributed by atoms with van der Waals surface area (Å²) < 4.78 is 7.20. The van der Waals surface area contributed by atoms with E-state index in [2.05, 4.69) is 26.6 Å². The molecule has 7 nitrogen and oxygen atoms in total. The number of amides is 2. The van der Waals surface area contributed by atoms with Crippen molar-refractivity contribution in [3.05, 3.63) is 35.9 Å². The number of aryl methyl sites for hydroxylation is 2. The van der Waals surface area contributed by atoms with E-state index >= 15 is 0 Å². The van der Waals surface area contributed by atoms with Crippen molar-refractivity contribution in [2.45, 2.75) is 38.8 Å². The summed E-state index contributed by atoms with van der Waals surface area (Å²) in [5.74, 6) is 4.71. The van der Waals surface area contributed by atoms with Crippen molar-refractivity contribution in [2.75, 3.05) is 11.9 Å². The van der Waals surface area contributed by atoms with Gasteiger partial charge < -0.3 is 15.4 Å². The van der Waals surface area contributed by atoms with Gasteiger partial charge in [0.25, 0.3) is 0 Å². The van der Waals surface area contributed by atoms with Gasteiger partial charge in [0.05, 0.1) is 6.04 Å². The topological polar surface area (TPSA) is 81.1 Å². The Kier molecular flexibility index (Phi) is 5.19. The zero-order chi connectivity index (χ0) is 17.6. The fourth-order valence-corrected chi connectivity index (χ4v) is 2.77. The van der Waals surface area contributed by atoms with Crippen molar-refractivity contribution in [2.24, 2.45) is 0 Å². The number of terminal acetylenes is 1. The number of carbonyl (C=O) groups excluding carboxylic acids is 1. The number of ether oxygens (including phenoxy) is 1. The number of rotatable bonds is 5. The first-order valence-electron chi connectivity index (χ1n) is 8.37. The van der Waals surface area contributed by atoms with Crippen molar-refractivity contribution in [1.29, 1.82) is 0 Å². The third-order valence-electron chi connectivity index (χ3n) is 3.97.